The second-order valence-corrected chi connectivity index (χ2v) is 16.9. The molecule has 0 spiro atoms. The predicted molar refractivity (Wildman–Crippen MR) is 246 cm³/mol. The summed E-state index contributed by atoms with van der Waals surface area (Å²) in [6.07, 6.45) is 52.0. The topological polar surface area (TPSA) is 95.9 Å². The minimum absolute atomic E-state index is 0.0582. The maximum atomic E-state index is 13.2. The van der Waals surface area contributed by atoms with E-state index in [1.54, 1.807) is 0 Å². The Morgan fingerprint density at radius 1 is 0.509 bits per heavy atom. The van der Waals surface area contributed by atoms with Crippen molar-refractivity contribution in [1.82, 2.24) is 5.32 Å². The van der Waals surface area contributed by atoms with Gasteiger partial charge in [0.2, 0.25) is 5.91 Å². The number of allylic oxidation sites excluding steroid dienone is 6. The normalized spacial score (nSPS) is 13.6. The Morgan fingerprint density at radius 3 is 1.35 bits per heavy atom. The second-order valence-electron chi connectivity index (χ2n) is 16.9. The van der Waals surface area contributed by atoms with Crippen LogP contribution in [0.1, 0.15) is 252 Å². The molecule has 1 amide bonds. The minimum atomic E-state index is -0.793. The number of carbonyl (C=O) groups is 2. The lowest BCUT2D eigenvalue weighted by Crippen LogP contribution is -2.46. The van der Waals surface area contributed by atoms with Crippen LogP contribution in [-0.2, 0) is 14.3 Å². The summed E-state index contributed by atoms with van der Waals surface area (Å²) in [7, 11) is 0. The number of unbranched alkanes of at least 4 members (excludes halogenated alkanes) is 28. The fourth-order valence-electron chi connectivity index (χ4n) is 7.49. The van der Waals surface area contributed by atoms with Crippen molar-refractivity contribution in [3.8, 4) is 0 Å². The number of esters is 1. The van der Waals surface area contributed by atoms with Gasteiger partial charge in [0.15, 0.2) is 0 Å². The summed E-state index contributed by atoms with van der Waals surface area (Å²) in [4.78, 5) is 26.0. The summed E-state index contributed by atoms with van der Waals surface area (Å²) in [5, 5.41) is 23.7. The summed E-state index contributed by atoms with van der Waals surface area (Å²) in [5.41, 5.74) is 0. The number of amides is 1. The molecule has 0 radical (unpaired) electrons. The maximum absolute atomic E-state index is 13.2. The monoisotopic (exact) mass is 802 g/mol. The zero-order chi connectivity index (χ0) is 41.7. The van der Waals surface area contributed by atoms with E-state index in [4.69, 9.17) is 4.74 Å². The molecule has 0 fully saturated rings. The Kier molecular flexibility index (Phi) is 43.6. The molecule has 0 aliphatic rings. The molecule has 0 heterocycles. The van der Waals surface area contributed by atoms with Crippen LogP contribution in [0.4, 0.5) is 0 Å². The van der Waals surface area contributed by atoms with E-state index in [1.807, 2.05) is 0 Å². The summed E-state index contributed by atoms with van der Waals surface area (Å²) >= 11 is 0. The van der Waals surface area contributed by atoms with Gasteiger partial charge in [0, 0.05) is 6.42 Å². The molecule has 0 aliphatic carbocycles. The Bertz CT molecular complexity index is 946. The van der Waals surface area contributed by atoms with E-state index in [9.17, 15) is 19.8 Å². The molecule has 0 aromatic carbocycles. The van der Waals surface area contributed by atoms with Crippen molar-refractivity contribution in [2.24, 2.45) is 0 Å². The predicted octanol–water partition coefficient (Wildman–Crippen LogP) is 14.5. The summed E-state index contributed by atoms with van der Waals surface area (Å²) in [5.74, 6) is -0.501. The van der Waals surface area contributed by atoms with Gasteiger partial charge in [-0.2, -0.15) is 0 Å². The number of hydrogen-bond acceptors (Lipinski definition) is 5. The third-order valence-electron chi connectivity index (χ3n) is 11.3. The third-order valence-corrected chi connectivity index (χ3v) is 11.3. The zero-order valence-electron chi connectivity index (χ0n) is 38.0. The lowest BCUT2D eigenvalue weighted by Gasteiger charge is -2.24. The van der Waals surface area contributed by atoms with E-state index >= 15 is 0 Å². The van der Waals surface area contributed by atoms with Crippen molar-refractivity contribution in [1.29, 1.82) is 0 Å². The molecule has 6 nitrogen and oxygen atoms in total. The van der Waals surface area contributed by atoms with Gasteiger partial charge < -0.3 is 20.3 Å². The van der Waals surface area contributed by atoms with Crippen LogP contribution >= 0.6 is 0 Å². The standard InChI is InChI=1S/C51H95NO5/c1-4-7-10-13-16-19-22-23-24-25-26-29-30-33-36-39-42-47(57-51(56)44-41-38-35-32-28-21-18-15-12-9-6-3)45-50(55)52-48(46-53)49(54)43-40-37-34-31-27-20-17-14-11-8-5-2/h22-26,29,47-49,53-54H,4-21,27-28,30-46H2,1-3H3,(H,52,55)/b23-22+,25-24+,29-26+. The minimum Gasteiger partial charge on any atom is -0.462 e. The molecule has 0 rings (SSSR count). The van der Waals surface area contributed by atoms with Crippen LogP contribution in [0.2, 0.25) is 0 Å². The highest BCUT2D eigenvalue weighted by Gasteiger charge is 2.24. The van der Waals surface area contributed by atoms with Crippen LogP contribution in [0.15, 0.2) is 36.5 Å². The number of rotatable bonds is 44. The molecule has 0 bridgehead atoms. The first kappa shape index (κ1) is 55.1. The second kappa shape index (κ2) is 45.2. The molecule has 0 aromatic heterocycles. The van der Waals surface area contributed by atoms with Gasteiger partial charge in [0.25, 0.3) is 0 Å². The average molecular weight is 802 g/mol. The first-order valence-corrected chi connectivity index (χ1v) is 24.7. The molecule has 3 N–H and O–H groups in total. The molecule has 57 heavy (non-hydrogen) atoms. The molecule has 0 aliphatic heterocycles. The smallest absolute Gasteiger partial charge is 0.306 e. The molecule has 6 heteroatoms. The molecule has 0 aromatic rings. The van der Waals surface area contributed by atoms with Gasteiger partial charge in [0.1, 0.15) is 6.10 Å². The van der Waals surface area contributed by atoms with Crippen LogP contribution in [0.5, 0.6) is 0 Å². The van der Waals surface area contributed by atoms with Crippen molar-refractivity contribution >= 4 is 11.9 Å². The van der Waals surface area contributed by atoms with Gasteiger partial charge in [-0.05, 0) is 51.4 Å². The first-order chi connectivity index (χ1) is 28.0. The zero-order valence-corrected chi connectivity index (χ0v) is 38.0. The lowest BCUT2D eigenvalue weighted by molar-refractivity contribution is -0.151. The SMILES string of the molecule is CCCCCCC/C=C/C=C/C=C/CCCCCC(CC(=O)NC(CO)C(O)CCCCCCCCCCCCC)OC(=O)CCCCCCCCCCCCC. The average Bonchev–Trinajstić information content (AvgIpc) is 3.20. The first-order valence-electron chi connectivity index (χ1n) is 24.7. The van der Waals surface area contributed by atoms with Crippen LogP contribution in [0, 0.1) is 0 Å². The van der Waals surface area contributed by atoms with E-state index in [0.717, 1.165) is 70.6 Å². The van der Waals surface area contributed by atoms with E-state index in [-0.39, 0.29) is 24.9 Å². The number of carbonyl (C=O) groups excluding carboxylic acids is 2. The highest BCUT2D eigenvalue weighted by Crippen LogP contribution is 2.17. The van der Waals surface area contributed by atoms with Crippen molar-refractivity contribution in [2.75, 3.05) is 6.61 Å². The number of ether oxygens (including phenoxy) is 1. The van der Waals surface area contributed by atoms with Gasteiger partial charge in [-0.3, -0.25) is 9.59 Å². The number of nitrogens with one attached hydrogen (secondary N) is 1. The number of aliphatic hydroxyl groups excluding tert-OH is 2. The van der Waals surface area contributed by atoms with Gasteiger partial charge in [-0.15, -0.1) is 0 Å². The van der Waals surface area contributed by atoms with Gasteiger partial charge >= 0.3 is 5.97 Å². The van der Waals surface area contributed by atoms with Crippen LogP contribution in [-0.4, -0.2) is 46.9 Å². The molecular formula is C51H95NO5. The summed E-state index contributed by atoms with van der Waals surface area (Å²) in [6.45, 7) is 6.44. The maximum Gasteiger partial charge on any atom is 0.306 e. The van der Waals surface area contributed by atoms with Gasteiger partial charge in [-0.1, -0.05) is 224 Å². The molecule has 0 saturated carbocycles. The van der Waals surface area contributed by atoms with E-state index in [1.165, 1.54) is 135 Å². The van der Waals surface area contributed by atoms with Crippen LogP contribution in [0.25, 0.3) is 0 Å². The number of hydrogen-bond donors (Lipinski definition) is 3. The quantitative estimate of drug-likeness (QED) is 0.0324. The van der Waals surface area contributed by atoms with Crippen LogP contribution in [0.3, 0.4) is 0 Å². The van der Waals surface area contributed by atoms with E-state index in [2.05, 4.69) is 62.5 Å². The lowest BCUT2D eigenvalue weighted by atomic mass is 10.0. The highest BCUT2D eigenvalue weighted by molar-refractivity contribution is 5.77. The Hall–Kier alpha value is -1.92. The molecule has 3 unspecified atom stereocenters. The summed E-state index contributed by atoms with van der Waals surface area (Å²) < 4.78 is 5.90. The van der Waals surface area contributed by atoms with E-state index in [0.29, 0.717) is 19.3 Å². The van der Waals surface area contributed by atoms with Crippen molar-refractivity contribution in [3.63, 3.8) is 0 Å². The number of aliphatic hydroxyl groups is 2. The van der Waals surface area contributed by atoms with Gasteiger partial charge in [-0.25, -0.2) is 0 Å². The van der Waals surface area contributed by atoms with E-state index < -0.39 is 18.2 Å². The Morgan fingerprint density at radius 2 is 0.895 bits per heavy atom. The highest BCUT2D eigenvalue weighted by atomic mass is 16.5. The fourth-order valence-corrected chi connectivity index (χ4v) is 7.49. The molecule has 3 atom stereocenters. The molecule has 0 saturated heterocycles. The van der Waals surface area contributed by atoms with Gasteiger partial charge in [0.05, 0.1) is 25.2 Å². The van der Waals surface area contributed by atoms with Crippen molar-refractivity contribution in [2.45, 2.75) is 270 Å². The molecule has 334 valence electrons. The van der Waals surface area contributed by atoms with Crippen molar-refractivity contribution < 1.29 is 24.5 Å². The van der Waals surface area contributed by atoms with Crippen LogP contribution < -0.4 is 5.32 Å². The van der Waals surface area contributed by atoms with Crippen molar-refractivity contribution in [3.05, 3.63) is 36.5 Å². The Labute approximate surface area is 353 Å². The Balaban J connectivity index is 4.66. The third kappa shape index (κ3) is 40.6. The largest absolute Gasteiger partial charge is 0.462 e. The molecular weight excluding hydrogens is 707 g/mol. The fraction of sp³-hybridized carbons (Fsp3) is 0.843. The summed E-state index contributed by atoms with van der Waals surface area (Å²) in [6, 6.07) is -0.708.